The lowest BCUT2D eigenvalue weighted by atomic mass is 9.92. The summed E-state index contributed by atoms with van der Waals surface area (Å²) in [5.41, 5.74) is 2.76. The van der Waals surface area contributed by atoms with Crippen molar-refractivity contribution in [2.24, 2.45) is 11.8 Å². The molecule has 2 atom stereocenters. The van der Waals surface area contributed by atoms with Gasteiger partial charge in [0.15, 0.2) is 5.82 Å². The first-order chi connectivity index (χ1) is 13.2. The van der Waals surface area contributed by atoms with Gasteiger partial charge < -0.3 is 14.3 Å². The van der Waals surface area contributed by atoms with Crippen molar-refractivity contribution in [3.63, 3.8) is 0 Å². The van der Waals surface area contributed by atoms with Crippen LogP contribution in [0.3, 0.4) is 0 Å². The predicted molar refractivity (Wildman–Crippen MR) is 106 cm³/mol. The molecular weight excluding hydrogens is 354 g/mol. The van der Waals surface area contributed by atoms with E-state index in [0.717, 1.165) is 54.7 Å². The standard InChI is InChI=1S/C21H29N5O2/c1-13-17(14(2)28-24-13)8-20(27)26-11-15-9-25(10-16(15)12-26)19-7-6-18(22-23-19)21(3,4)5/h6-7,15-16H,8-12H2,1-5H3. The molecule has 0 radical (unpaired) electrons. The molecule has 2 aliphatic rings. The minimum Gasteiger partial charge on any atom is -0.361 e. The van der Waals surface area contributed by atoms with Gasteiger partial charge in [-0.05, 0) is 26.0 Å². The lowest BCUT2D eigenvalue weighted by molar-refractivity contribution is -0.129. The molecule has 0 aliphatic carbocycles. The molecule has 4 rings (SSSR count). The number of hydrogen-bond donors (Lipinski definition) is 0. The second kappa shape index (κ2) is 6.87. The molecule has 1 amide bonds. The van der Waals surface area contributed by atoms with Crippen molar-refractivity contribution in [1.29, 1.82) is 0 Å². The monoisotopic (exact) mass is 383 g/mol. The Balaban J connectivity index is 1.36. The molecule has 0 aromatic carbocycles. The van der Waals surface area contributed by atoms with Gasteiger partial charge in [-0.1, -0.05) is 25.9 Å². The van der Waals surface area contributed by atoms with E-state index in [2.05, 4.69) is 53.2 Å². The van der Waals surface area contributed by atoms with Gasteiger partial charge in [0.2, 0.25) is 5.91 Å². The number of carbonyl (C=O) groups is 1. The first kappa shape index (κ1) is 18.9. The molecule has 7 heteroatoms. The van der Waals surface area contributed by atoms with Gasteiger partial charge in [0.05, 0.1) is 17.8 Å². The number of nitrogens with zero attached hydrogens (tertiary/aromatic N) is 5. The Morgan fingerprint density at radius 1 is 1.11 bits per heavy atom. The van der Waals surface area contributed by atoms with E-state index in [4.69, 9.17) is 4.52 Å². The fraction of sp³-hybridized carbons (Fsp3) is 0.619. The highest BCUT2D eigenvalue weighted by Gasteiger charge is 2.42. The van der Waals surface area contributed by atoms with Crippen molar-refractivity contribution >= 4 is 11.7 Å². The minimum atomic E-state index is 0.00905. The average molecular weight is 383 g/mol. The third-order valence-electron chi connectivity index (χ3n) is 6.09. The normalized spacial score (nSPS) is 22.0. The van der Waals surface area contributed by atoms with E-state index in [1.165, 1.54) is 0 Å². The van der Waals surface area contributed by atoms with Gasteiger partial charge in [0, 0.05) is 49.0 Å². The Morgan fingerprint density at radius 2 is 1.79 bits per heavy atom. The lowest BCUT2D eigenvalue weighted by Crippen LogP contribution is -2.34. The number of fused-ring (bicyclic) bond motifs is 1. The molecule has 28 heavy (non-hydrogen) atoms. The van der Waals surface area contributed by atoms with Crippen molar-refractivity contribution < 1.29 is 9.32 Å². The lowest BCUT2D eigenvalue weighted by Gasteiger charge is -2.23. The molecule has 2 unspecified atom stereocenters. The summed E-state index contributed by atoms with van der Waals surface area (Å²) in [6.45, 7) is 13.7. The van der Waals surface area contributed by atoms with Crippen LogP contribution in [0, 0.1) is 25.7 Å². The number of carbonyl (C=O) groups excluding carboxylic acids is 1. The molecule has 0 N–H and O–H groups in total. The van der Waals surface area contributed by atoms with Crippen LogP contribution in [0.4, 0.5) is 5.82 Å². The maximum absolute atomic E-state index is 12.8. The Hall–Kier alpha value is -2.44. The second-order valence-electron chi connectivity index (χ2n) is 9.23. The summed E-state index contributed by atoms with van der Waals surface area (Å²) < 4.78 is 5.19. The highest BCUT2D eigenvalue weighted by molar-refractivity contribution is 5.79. The van der Waals surface area contributed by atoms with Crippen molar-refractivity contribution in [2.45, 2.75) is 46.5 Å². The number of amides is 1. The van der Waals surface area contributed by atoms with E-state index in [1.807, 2.05) is 18.7 Å². The molecule has 2 aliphatic heterocycles. The smallest absolute Gasteiger partial charge is 0.227 e. The Kier molecular flexibility index (Phi) is 4.63. The van der Waals surface area contributed by atoms with Gasteiger partial charge in [-0.3, -0.25) is 4.79 Å². The molecule has 4 heterocycles. The van der Waals surface area contributed by atoms with Gasteiger partial charge in [-0.2, -0.15) is 5.10 Å². The topological polar surface area (TPSA) is 75.4 Å². The zero-order valence-corrected chi connectivity index (χ0v) is 17.4. The van der Waals surface area contributed by atoms with Gasteiger partial charge in [0.1, 0.15) is 5.76 Å². The summed E-state index contributed by atoms with van der Waals surface area (Å²) in [5.74, 6) is 2.85. The molecule has 7 nitrogen and oxygen atoms in total. The Labute approximate surface area is 166 Å². The molecule has 2 aromatic rings. The van der Waals surface area contributed by atoms with Crippen LogP contribution in [0.25, 0.3) is 0 Å². The Morgan fingerprint density at radius 3 is 2.29 bits per heavy atom. The number of likely N-dealkylation sites (tertiary alicyclic amines) is 1. The second-order valence-corrected chi connectivity index (χ2v) is 9.23. The van der Waals surface area contributed by atoms with E-state index in [9.17, 15) is 4.79 Å². The van der Waals surface area contributed by atoms with E-state index in [1.54, 1.807) is 0 Å². The van der Waals surface area contributed by atoms with Gasteiger partial charge in [0.25, 0.3) is 0 Å². The van der Waals surface area contributed by atoms with Crippen molar-refractivity contribution in [3.05, 3.63) is 34.8 Å². The van der Waals surface area contributed by atoms with Crippen LogP contribution < -0.4 is 4.90 Å². The third kappa shape index (κ3) is 3.50. The Bertz CT molecular complexity index is 834. The molecule has 0 spiro atoms. The summed E-state index contributed by atoms with van der Waals surface area (Å²) in [6.07, 6.45) is 0.379. The molecule has 150 valence electrons. The minimum absolute atomic E-state index is 0.00905. The summed E-state index contributed by atoms with van der Waals surface area (Å²) >= 11 is 0. The fourth-order valence-electron chi connectivity index (χ4n) is 4.30. The summed E-state index contributed by atoms with van der Waals surface area (Å²) in [6, 6.07) is 4.16. The first-order valence-corrected chi connectivity index (χ1v) is 10.0. The number of hydrogen-bond acceptors (Lipinski definition) is 6. The largest absolute Gasteiger partial charge is 0.361 e. The van der Waals surface area contributed by atoms with Crippen LogP contribution in [0.1, 0.15) is 43.5 Å². The highest BCUT2D eigenvalue weighted by atomic mass is 16.5. The van der Waals surface area contributed by atoms with Gasteiger partial charge >= 0.3 is 0 Å². The van der Waals surface area contributed by atoms with E-state index in [-0.39, 0.29) is 11.3 Å². The van der Waals surface area contributed by atoms with E-state index < -0.39 is 0 Å². The highest BCUT2D eigenvalue weighted by Crippen LogP contribution is 2.34. The van der Waals surface area contributed by atoms with Gasteiger partial charge in [-0.25, -0.2) is 0 Å². The first-order valence-electron chi connectivity index (χ1n) is 10.0. The van der Waals surface area contributed by atoms with Crippen molar-refractivity contribution in [3.8, 4) is 0 Å². The number of rotatable bonds is 3. The van der Waals surface area contributed by atoms with Crippen LogP contribution in [0.5, 0.6) is 0 Å². The van der Waals surface area contributed by atoms with Gasteiger partial charge in [-0.15, -0.1) is 5.10 Å². The maximum Gasteiger partial charge on any atom is 0.227 e. The molecule has 0 bridgehead atoms. The van der Waals surface area contributed by atoms with Crippen LogP contribution in [0.15, 0.2) is 16.7 Å². The molecule has 0 saturated carbocycles. The van der Waals surface area contributed by atoms with Crippen molar-refractivity contribution in [2.75, 3.05) is 31.1 Å². The van der Waals surface area contributed by atoms with Crippen LogP contribution in [-0.4, -0.2) is 52.3 Å². The summed E-state index contributed by atoms with van der Waals surface area (Å²) in [7, 11) is 0. The van der Waals surface area contributed by atoms with Crippen LogP contribution in [-0.2, 0) is 16.6 Å². The average Bonchev–Trinajstić information content (AvgIpc) is 3.30. The SMILES string of the molecule is Cc1noc(C)c1CC(=O)N1CC2CN(c3ccc(C(C)(C)C)nn3)CC2C1. The predicted octanol–water partition coefficient (Wildman–Crippen LogP) is 2.52. The third-order valence-corrected chi connectivity index (χ3v) is 6.09. The summed E-state index contributed by atoms with van der Waals surface area (Å²) in [5, 5.41) is 12.8. The number of anilines is 1. The van der Waals surface area contributed by atoms with Crippen molar-refractivity contribution in [1.82, 2.24) is 20.3 Å². The molecule has 2 aromatic heterocycles. The van der Waals surface area contributed by atoms with Crippen LogP contribution >= 0.6 is 0 Å². The van der Waals surface area contributed by atoms with Crippen LogP contribution in [0.2, 0.25) is 0 Å². The zero-order valence-electron chi connectivity index (χ0n) is 17.4. The number of aromatic nitrogens is 3. The summed E-state index contributed by atoms with van der Waals surface area (Å²) in [4.78, 5) is 17.1. The zero-order chi connectivity index (χ0) is 20.1. The molecular formula is C21H29N5O2. The quantitative estimate of drug-likeness (QED) is 0.811. The fourth-order valence-corrected chi connectivity index (χ4v) is 4.30. The maximum atomic E-state index is 12.8. The molecule has 2 saturated heterocycles. The molecule has 2 fully saturated rings. The number of aryl methyl sites for hydroxylation is 2. The van der Waals surface area contributed by atoms with E-state index in [0.29, 0.717) is 18.3 Å². The van der Waals surface area contributed by atoms with E-state index >= 15 is 0 Å².